The highest BCUT2D eigenvalue weighted by Gasteiger charge is 2.40. The van der Waals surface area contributed by atoms with Crippen LogP contribution in [0.25, 0.3) is 0 Å². The molecule has 0 radical (unpaired) electrons. The van der Waals surface area contributed by atoms with Crippen LogP contribution in [0, 0.1) is 11.8 Å². The Labute approximate surface area is 97.4 Å². The normalized spacial score (nSPS) is 34.2. The number of nitrogens with two attached hydrogens (primary N) is 1. The lowest BCUT2D eigenvalue weighted by Crippen LogP contribution is -2.30. The van der Waals surface area contributed by atoms with Gasteiger partial charge in [-0.05, 0) is 30.2 Å². The van der Waals surface area contributed by atoms with E-state index in [0.29, 0.717) is 6.04 Å². The average molecular weight is 216 g/mol. The van der Waals surface area contributed by atoms with Gasteiger partial charge < -0.3 is 5.73 Å². The predicted octanol–water partition coefficient (Wildman–Crippen LogP) is 1.86. The molecule has 1 aliphatic heterocycles. The topological polar surface area (TPSA) is 29.3 Å². The molecule has 1 saturated heterocycles. The molecule has 1 aliphatic carbocycles. The first kappa shape index (κ1) is 10.3. The lowest BCUT2D eigenvalue weighted by atomic mass is 9.98. The number of hydrogen-bond donors (Lipinski definition) is 1. The van der Waals surface area contributed by atoms with Gasteiger partial charge in [-0.15, -0.1) is 0 Å². The van der Waals surface area contributed by atoms with Crippen LogP contribution in [0.1, 0.15) is 18.4 Å². The average Bonchev–Trinajstić information content (AvgIpc) is 2.83. The van der Waals surface area contributed by atoms with Crippen molar-refractivity contribution in [1.29, 1.82) is 0 Å². The fourth-order valence-electron chi connectivity index (χ4n) is 3.37. The summed E-state index contributed by atoms with van der Waals surface area (Å²) in [7, 11) is 0. The lowest BCUT2D eigenvalue weighted by Gasteiger charge is -2.18. The molecule has 1 heterocycles. The number of hydrogen-bond acceptors (Lipinski definition) is 2. The van der Waals surface area contributed by atoms with Crippen LogP contribution in [0.15, 0.2) is 30.3 Å². The van der Waals surface area contributed by atoms with E-state index in [4.69, 9.17) is 5.73 Å². The largest absolute Gasteiger partial charge is 0.327 e. The van der Waals surface area contributed by atoms with Crippen LogP contribution < -0.4 is 5.73 Å². The van der Waals surface area contributed by atoms with E-state index < -0.39 is 0 Å². The third-order valence-corrected chi connectivity index (χ3v) is 4.24. The maximum absolute atomic E-state index is 6.15. The van der Waals surface area contributed by atoms with Crippen LogP contribution in [0.5, 0.6) is 0 Å². The summed E-state index contributed by atoms with van der Waals surface area (Å²) >= 11 is 0. The fourth-order valence-corrected chi connectivity index (χ4v) is 3.37. The van der Waals surface area contributed by atoms with Gasteiger partial charge in [0.05, 0.1) is 0 Å². The van der Waals surface area contributed by atoms with Crippen molar-refractivity contribution < 1.29 is 0 Å². The van der Waals surface area contributed by atoms with Crippen molar-refractivity contribution in [1.82, 2.24) is 4.90 Å². The Bertz CT molecular complexity index is 349. The van der Waals surface area contributed by atoms with Crippen molar-refractivity contribution in [2.75, 3.05) is 13.1 Å². The molecular weight excluding hydrogens is 196 g/mol. The zero-order chi connectivity index (χ0) is 11.0. The van der Waals surface area contributed by atoms with Crippen molar-refractivity contribution >= 4 is 0 Å². The molecule has 2 unspecified atom stereocenters. The minimum absolute atomic E-state index is 0.464. The molecule has 0 amide bonds. The molecule has 1 aromatic carbocycles. The SMILES string of the molecule is NC1CC[C@H]2CN(Cc3ccccc3)CC12. The van der Waals surface area contributed by atoms with Gasteiger partial charge in [0.15, 0.2) is 0 Å². The van der Waals surface area contributed by atoms with Crippen LogP contribution >= 0.6 is 0 Å². The second kappa shape index (κ2) is 4.19. The van der Waals surface area contributed by atoms with Gasteiger partial charge in [-0.25, -0.2) is 0 Å². The van der Waals surface area contributed by atoms with E-state index in [1.807, 2.05) is 0 Å². The minimum atomic E-state index is 0.464. The van der Waals surface area contributed by atoms with E-state index in [0.717, 1.165) is 18.4 Å². The smallest absolute Gasteiger partial charge is 0.0233 e. The third kappa shape index (κ3) is 1.87. The highest BCUT2D eigenvalue weighted by atomic mass is 15.2. The summed E-state index contributed by atoms with van der Waals surface area (Å²) in [5.41, 5.74) is 7.58. The molecule has 1 aromatic rings. The van der Waals surface area contributed by atoms with Gasteiger partial charge in [-0.1, -0.05) is 30.3 Å². The second-order valence-corrected chi connectivity index (χ2v) is 5.34. The van der Waals surface area contributed by atoms with Gasteiger partial charge in [0.25, 0.3) is 0 Å². The number of rotatable bonds is 2. The fraction of sp³-hybridized carbons (Fsp3) is 0.571. The Morgan fingerprint density at radius 3 is 2.69 bits per heavy atom. The maximum atomic E-state index is 6.15. The quantitative estimate of drug-likeness (QED) is 0.817. The van der Waals surface area contributed by atoms with Gasteiger partial charge in [0.2, 0.25) is 0 Å². The molecule has 0 spiro atoms. The summed E-state index contributed by atoms with van der Waals surface area (Å²) < 4.78 is 0. The first-order chi connectivity index (χ1) is 7.83. The Balaban J connectivity index is 1.63. The van der Waals surface area contributed by atoms with E-state index in [2.05, 4.69) is 35.2 Å². The molecule has 3 rings (SSSR count). The molecule has 2 heteroatoms. The number of fused-ring (bicyclic) bond motifs is 1. The molecule has 0 aromatic heterocycles. The van der Waals surface area contributed by atoms with Crippen molar-refractivity contribution in [3.63, 3.8) is 0 Å². The van der Waals surface area contributed by atoms with Crippen LogP contribution in [0.3, 0.4) is 0 Å². The van der Waals surface area contributed by atoms with Crippen molar-refractivity contribution in [2.24, 2.45) is 17.6 Å². The van der Waals surface area contributed by atoms with Gasteiger partial charge in [0.1, 0.15) is 0 Å². The van der Waals surface area contributed by atoms with Crippen LogP contribution in [-0.2, 0) is 6.54 Å². The molecule has 2 aliphatic rings. The van der Waals surface area contributed by atoms with Crippen molar-refractivity contribution in [3.8, 4) is 0 Å². The summed E-state index contributed by atoms with van der Waals surface area (Å²) in [5.74, 6) is 1.64. The van der Waals surface area contributed by atoms with Crippen LogP contribution in [-0.4, -0.2) is 24.0 Å². The standard InChI is InChI=1S/C14H20N2/c15-14-7-6-12-9-16(10-13(12)14)8-11-4-2-1-3-5-11/h1-5,12-14H,6-10,15H2/t12-,13?,14?/m0/s1. The van der Waals surface area contributed by atoms with Crippen LogP contribution in [0.2, 0.25) is 0 Å². The summed E-state index contributed by atoms with van der Waals surface area (Å²) in [6.45, 7) is 3.56. The summed E-state index contributed by atoms with van der Waals surface area (Å²) in [5, 5.41) is 0. The molecule has 0 bridgehead atoms. The summed E-state index contributed by atoms with van der Waals surface area (Å²) in [6, 6.07) is 11.2. The van der Waals surface area contributed by atoms with Gasteiger partial charge in [0, 0.05) is 25.7 Å². The van der Waals surface area contributed by atoms with Crippen molar-refractivity contribution in [3.05, 3.63) is 35.9 Å². The molecule has 2 fully saturated rings. The van der Waals surface area contributed by atoms with Crippen LogP contribution in [0.4, 0.5) is 0 Å². The Hall–Kier alpha value is -0.860. The number of benzene rings is 1. The zero-order valence-electron chi connectivity index (χ0n) is 9.68. The Kier molecular flexibility index (Phi) is 2.70. The molecule has 16 heavy (non-hydrogen) atoms. The van der Waals surface area contributed by atoms with Crippen molar-refractivity contribution in [2.45, 2.75) is 25.4 Å². The molecular formula is C14H20N2. The third-order valence-electron chi connectivity index (χ3n) is 4.24. The Morgan fingerprint density at radius 1 is 1.12 bits per heavy atom. The van der Waals surface area contributed by atoms with E-state index in [-0.39, 0.29) is 0 Å². The Morgan fingerprint density at radius 2 is 1.94 bits per heavy atom. The predicted molar refractivity (Wildman–Crippen MR) is 65.9 cm³/mol. The van der Waals surface area contributed by atoms with E-state index in [1.165, 1.54) is 31.5 Å². The number of nitrogens with zero attached hydrogens (tertiary/aromatic N) is 1. The van der Waals surface area contributed by atoms with Gasteiger partial charge in [-0.3, -0.25) is 4.90 Å². The molecule has 1 saturated carbocycles. The highest BCUT2D eigenvalue weighted by molar-refractivity contribution is 5.15. The summed E-state index contributed by atoms with van der Waals surface area (Å²) in [6.07, 6.45) is 2.59. The molecule has 86 valence electrons. The molecule has 2 nitrogen and oxygen atoms in total. The second-order valence-electron chi connectivity index (χ2n) is 5.34. The molecule has 3 atom stereocenters. The van der Waals surface area contributed by atoms with E-state index >= 15 is 0 Å². The first-order valence-electron chi connectivity index (χ1n) is 6.35. The zero-order valence-corrected chi connectivity index (χ0v) is 9.68. The maximum Gasteiger partial charge on any atom is 0.0233 e. The summed E-state index contributed by atoms with van der Waals surface area (Å²) in [4.78, 5) is 2.57. The monoisotopic (exact) mass is 216 g/mol. The van der Waals surface area contributed by atoms with E-state index in [1.54, 1.807) is 0 Å². The highest BCUT2D eigenvalue weighted by Crippen LogP contribution is 2.37. The van der Waals surface area contributed by atoms with Gasteiger partial charge >= 0.3 is 0 Å². The number of likely N-dealkylation sites (tertiary alicyclic amines) is 1. The lowest BCUT2D eigenvalue weighted by molar-refractivity contribution is 0.298. The van der Waals surface area contributed by atoms with Gasteiger partial charge in [-0.2, -0.15) is 0 Å². The molecule has 2 N–H and O–H groups in total. The van der Waals surface area contributed by atoms with E-state index in [9.17, 15) is 0 Å². The minimum Gasteiger partial charge on any atom is -0.327 e. The first-order valence-corrected chi connectivity index (χ1v) is 6.35.